The Balaban J connectivity index is 1.81. The Morgan fingerprint density at radius 1 is 1.50 bits per heavy atom. The summed E-state index contributed by atoms with van der Waals surface area (Å²) in [6.07, 6.45) is 2.46. The maximum absolute atomic E-state index is 11.1. The fraction of sp³-hybridized carbons (Fsp3) is 0.875. The first kappa shape index (κ1) is 7.86. The van der Waals surface area contributed by atoms with Crippen molar-refractivity contribution in [3.8, 4) is 0 Å². The predicted molar refractivity (Wildman–Crippen MR) is 46.0 cm³/mol. The molecule has 0 radical (unpaired) electrons. The van der Waals surface area contributed by atoms with Gasteiger partial charge in [0.05, 0.1) is 0 Å². The summed E-state index contributed by atoms with van der Waals surface area (Å²) in [7, 11) is 0. The summed E-state index contributed by atoms with van der Waals surface area (Å²) in [6.45, 7) is 3.68. The normalized spacial score (nSPS) is 29.5. The van der Waals surface area contributed by atoms with Gasteiger partial charge in [-0.1, -0.05) is 0 Å². The smallest absolute Gasteiger partial charge is 0.317 e. The maximum Gasteiger partial charge on any atom is 0.317 e. The topological polar surface area (TPSA) is 44.4 Å². The first-order valence-electron chi connectivity index (χ1n) is 4.62. The molecule has 4 nitrogen and oxygen atoms in total. The Labute approximate surface area is 72.3 Å². The molecule has 0 unspecified atom stereocenters. The van der Waals surface area contributed by atoms with Gasteiger partial charge in [0.15, 0.2) is 0 Å². The van der Waals surface area contributed by atoms with Gasteiger partial charge in [0.25, 0.3) is 0 Å². The van der Waals surface area contributed by atoms with E-state index < -0.39 is 0 Å². The van der Waals surface area contributed by atoms with Crippen molar-refractivity contribution < 1.29 is 4.79 Å². The van der Waals surface area contributed by atoms with E-state index in [9.17, 15) is 4.79 Å². The monoisotopic (exact) mass is 169 g/mol. The quantitative estimate of drug-likeness (QED) is 0.599. The summed E-state index contributed by atoms with van der Waals surface area (Å²) in [4.78, 5) is 13.0. The molecular formula is C8H15N3O. The van der Waals surface area contributed by atoms with E-state index in [4.69, 9.17) is 0 Å². The molecule has 0 aromatic rings. The van der Waals surface area contributed by atoms with Crippen LogP contribution in [-0.4, -0.2) is 43.2 Å². The largest absolute Gasteiger partial charge is 0.336 e. The summed E-state index contributed by atoms with van der Waals surface area (Å²) in [6, 6.07) is 0.637. The van der Waals surface area contributed by atoms with E-state index in [1.165, 1.54) is 12.8 Å². The lowest BCUT2D eigenvalue weighted by Gasteiger charge is -2.18. The molecule has 2 heterocycles. The van der Waals surface area contributed by atoms with E-state index in [-0.39, 0.29) is 6.03 Å². The second-order valence-corrected chi connectivity index (χ2v) is 3.47. The van der Waals surface area contributed by atoms with E-state index in [0.29, 0.717) is 6.04 Å². The third kappa shape index (κ3) is 1.53. The fourth-order valence-corrected chi connectivity index (χ4v) is 1.86. The van der Waals surface area contributed by atoms with Gasteiger partial charge in [0, 0.05) is 25.7 Å². The van der Waals surface area contributed by atoms with Crippen LogP contribution < -0.4 is 10.6 Å². The number of nitrogens with one attached hydrogen (secondary N) is 2. The molecule has 0 aromatic heterocycles. The zero-order valence-electron chi connectivity index (χ0n) is 7.18. The molecule has 0 saturated carbocycles. The number of amides is 2. The average molecular weight is 169 g/mol. The molecule has 2 rings (SSSR count). The number of nitrogens with zero attached hydrogens (tertiary/aromatic N) is 1. The van der Waals surface area contributed by atoms with Crippen LogP contribution in [0.15, 0.2) is 0 Å². The number of carbonyl (C=O) groups is 1. The molecule has 0 aromatic carbocycles. The molecular weight excluding hydrogens is 154 g/mol. The lowest BCUT2D eigenvalue weighted by atomic mass is 10.2. The van der Waals surface area contributed by atoms with Crippen molar-refractivity contribution in [2.45, 2.75) is 18.9 Å². The van der Waals surface area contributed by atoms with Crippen molar-refractivity contribution in [3.05, 3.63) is 0 Å². The molecule has 2 aliphatic heterocycles. The third-order valence-corrected chi connectivity index (χ3v) is 2.55. The minimum absolute atomic E-state index is 0.101. The van der Waals surface area contributed by atoms with Crippen LogP contribution in [-0.2, 0) is 0 Å². The van der Waals surface area contributed by atoms with Gasteiger partial charge in [-0.2, -0.15) is 0 Å². The number of hydrogen-bond acceptors (Lipinski definition) is 2. The average Bonchev–Trinajstić information content (AvgIpc) is 2.65. The number of urea groups is 1. The van der Waals surface area contributed by atoms with Gasteiger partial charge in [-0.05, 0) is 19.4 Å². The highest BCUT2D eigenvalue weighted by molar-refractivity contribution is 5.76. The summed E-state index contributed by atoms with van der Waals surface area (Å²) in [5.41, 5.74) is 0. The summed E-state index contributed by atoms with van der Waals surface area (Å²) >= 11 is 0. The van der Waals surface area contributed by atoms with Crippen molar-refractivity contribution in [3.63, 3.8) is 0 Å². The van der Waals surface area contributed by atoms with Gasteiger partial charge in [-0.25, -0.2) is 4.79 Å². The second-order valence-electron chi connectivity index (χ2n) is 3.47. The highest BCUT2D eigenvalue weighted by Crippen LogP contribution is 2.08. The molecule has 2 saturated heterocycles. The number of hydrogen-bond donors (Lipinski definition) is 2. The maximum atomic E-state index is 11.1. The van der Waals surface area contributed by atoms with Crippen LogP contribution in [0.2, 0.25) is 0 Å². The molecule has 2 amide bonds. The Morgan fingerprint density at radius 3 is 3.00 bits per heavy atom. The Hall–Kier alpha value is -0.770. The summed E-state index contributed by atoms with van der Waals surface area (Å²) < 4.78 is 0. The van der Waals surface area contributed by atoms with E-state index in [1.807, 2.05) is 4.90 Å². The van der Waals surface area contributed by atoms with Gasteiger partial charge in [0.2, 0.25) is 0 Å². The van der Waals surface area contributed by atoms with Gasteiger partial charge in [0.1, 0.15) is 0 Å². The highest BCUT2D eigenvalue weighted by Gasteiger charge is 2.24. The number of carbonyl (C=O) groups excluding carboxylic acids is 1. The van der Waals surface area contributed by atoms with Gasteiger partial charge >= 0.3 is 6.03 Å². The minimum atomic E-state index is 0.101. The van der Waals surface area contributed by atoms with Crippen LogP contribution in [0.3, 0.4) is 0 Å². The lowest BCUT2D eigenvalue weighted by Crippen LogP contribution is -2.39. The molecule has 4 heteroatoms. The molecule has 0 bridgehead atoms. The highest BCUT2D eigenvalue weighted by atomic mass is 16.2. The fourth-order valence-electron chi connectivity index (χ4n) is 1.86. The Morgan fingerprint density at radius 2 is 2.42 bits per heavy atom. The van der Waals surface area contributed by atoms with Crippen LogP contribution in [0.5, 0.6) is 0 Å². The minimum Gasteiger partial charge on any atom is -0.336 e. The SMILES string of the molecule is O=C1NCCN1C[C@H]1CCCN1. The zero-order chi connectivity index (χ0) is 8.39. The molecule has 1 atom stereocenters. The van der Waals surface area contributed by atoms with Gasteiger partial charge < -0.3 is 15.5 Å². The van der Waals surface area contributed by atoms with E-state index in [0.717, 1.165) is 26.2 Å². The van der Waals surface area contributed by atoms with Crippen molar-refractivity contribution in [1.82, 2.24) is 15.5 Å². The van der Waals surface area contributed by atoms with E-state index in [1.54, 1.807) is 0 Å². The summed E-state index contributed by atoms with van der Waals surface area (Å²) in [5.74, 6) is 0. The zero-order valence-corrected chi connectivity index (χ0v) is 7.18. The standard InChI is InChI=1S/C8H15N3O/c12-8-10-4-5-11(8)6-7-2-1-3-9-7/h7,9H,1-6H2,(H,10,12)/t7-/m1/s1. The van der Waals surface area contributed by atoms with Crippen molar-refractivity contribution in [2.24, 2.45) is 0 Å². The molecule has 0 aliphatic carbocycles. The molecule has 2 N–H and O–H groups in total. The van der Waals surface area contributed by atoms with Crippen molar-refractivity contribution in [1.29, 1.82) is 0 Å². The first-order chi connectivity index (χ1) is 5.86. The van der Waals surface area contributed by atoms with Crippen molar-refractivity contribution in [2.75, 3.05) is 26.2 Å². The predicted octanol–water partition coefficient (Wildman–Crippen LogP) is -0.236. The molecule has 2 fully saturated rings. The second kappa shape index (κ2) is 3.31. The van der Waals surface area contributed by atoms with Crippen LogP contribution in [0.4, 0.5) is 4.79 Å². The van der Waals surface area contributed by atoms with Crippen LogP contribution >= 0.6 is 0 Å². The van der Waals surface area contributed by atoms with Crippen LogP contribution in [0.1, 0.15) is 12.8 Å². The molecule has 0 spiro atoms. The van der Waals surface area contributed by atoms with Gasteiger partial charge in [-0.15, -0.1) is 0 Å². The third-order valence-electron chi connectivity index (χ3n) is 2.55. The number of rotatable bonds is 2. The van der Waals surface area contributed by atoms with Crippen LogP contribution in [0.25, 0.3) is 0 Å². The van der Waals surface area contributed by atoms with Gasteiger partial charge in [-0.3, -0.25) is 0 Å². The summed E-state index contributed by atoms with van der Waals surface area (Å²) in [5, 5.41) is 6.19. The lowest BCUT2D eigenvalue weighted by molar-refractivity contribution is 0.213. The Kier molecular flexibility index (Phi) is 2.17. The van der Waals surface area contributed by atoms with E-state index in [2.05, 4.69) is 10.6 Å². The van der Waals surface area contributed by atoms with Crippen molar-refractivity contribution >= 4 is 6.03 Å². The Bertz CT molecular complexity index is 177. The molecule has 12 heavy (non-hydrogen) atoms. The first-order valence-corrected chi connectivity index (χ1v) is 4.62. The van der Waals surface area contributed by atoms with E-state index >= 15 is 0 Å². The molecule has 68 valence electrons. The molecule has 2 aliphatic rings. The van der Waals surface area contributed by atoms with Crippen LogP contribution in [0, 0.1) is 0 Å².